The Bertz CT molecular complexity index is 660. The maximum absolute atomic E-state index is 12.7. The smallest absolute Gasteiger partial charge is 0.380 e. The zero-order chi connectivity index (χ0) is 15.8. The van der Waals surface area contributed by atoms with Crippen molar-refractivity contribution in [2.45, 2.75) is 26.6 Å². The second-order valence-electron chi connectivity index (χ2n) is 5.00. The predicted molar refractivity (Wildman–Crippen MR) is 81.4 cm³/mol. The van der Waals surface area contributed by atoms with Gasteiger partial charge in [-0.15, -0.1) is 0 Å². The van der Waals surface area contributed by atoms with E-state index in [-0.39, 0.29) is 0 Å². The standard InChI is InChI=1S/C15H16BrF3N2/c1-9-6-11(10(2)21(9)3)8-20-14-7-12(15(17,18)19)4-5-13(14)16/h4-7,20H,8H2,1-3H3. The molecule has 1 aromatic carbocycles. The second kappa shape index (κ2) is 5.75. The Morgan fingerprint density at radius 3 is 2.38 bits per heavy atom. The Balaban J connectivity index is 2.21. The van der Waals surface area contributed by atoms with E-state index in [4.69, 9.17) is 0 Å². The number of alkyl halides is 3. The van der Waals surface area contributed by atoms with Gasteiger partial charge in [0, 0.05) is 35.1 Å². The third-order valence-corrected chi connectivity index (χ3v) is 4.33. The van der Waals surface area contributed by atoms with Crippen LogP contribution in [0.15, 0.2) is 28.7 Å². The Kier molecular flexibility index (Phi) is 4.37. The molecule has 0 amide bonds. The van der Waals surface area contributed by atoms with Crippen LogP contribution in [0.25, 0.3) is 0 Å². The summed E-state index contributed by atoms with van der Waals surface area (Å²) in [5, 5.41) is 3.06. The van der Waals surface area contributed by atoms with Gasteiger partial charge in [0.25, 0.3) is 0 Å². The number of aromatic nitrogens is 1. The number of nitrogens with one attached hydrogen (secondary N) is 1. The van der Waals surface area contributed by atoms with Crippen molar-refractivity contribution in [2.75, 3.05) is 5.32 Å². The molecule has 0 spiro atoms. The second-order valence-corrected chi connectivity index (χ2v) is 5.86. The van der Waals surface area contributed by atoms with Crippen LogP contribution in [0, 0.1) is 13.8 Å². The van der Waals surface area contributed by atoms with Crippen LogP contribution >= 0.6 is 15.9 Å². The summed E-state index contributed by atoms with van der Waals surface area (Å²) in [6.07, 6.45) is -4.34. The molecule has 0 aliphatic heterocycles. The van der Waals surface area contributed by atoms with Gasteiger partial charge in [-0.05, 0) is 59.6 Å². The highest BCUT2D eigenvalue weighted by Gasteiger charge is 2.30. The van der Waals surface area contributed by atoms with Gasteiger partial charge in [-0.2, -0.15) is 13.2 Å². The van der Waals surface area contributed by atoms with Gasteiger partial charge >= 0.3 is 6.18 Å². The fourth-order valence-corrected chi connectivity index (χ4v) is 2.53. The van der Waals surface area contributed by atoms with E-state index in [0.29, 0.717) is 16.7 Å². The Labute approximate surface area is 130 Å². The van der Waals surface area contributed by atoms with Gasteiger partial charge in [-0.1, -0.05) is 0 Å². The molecule has 1 heterocycles. The van der Waals surface area contributed by atoms with Crippen LogP contribution in [0.5, 0.6) is 0 Å². The van der Waals surface area contributed by atoms with Crippen molar-refractivity contribution in [1.82, 2.24) is 4.57 Å². The summed E-state index contributed by atoms with van der Waals surface area (Å²) in [6.45, 7) is 4.47. The Hall–Kier alpha value is -1.43. The van der Waals surface area contributed by atoms with E-state index in [1.54, 1.807) is 0 Å². The fourth-order valence-electron chi connectivity index (χ4n) is 2.14. The number of hydrogen-bond acceptors (Lipinski definition) is 1. The van der Waals surface area contributed by atoms with Crippen molar-refractivity contribution < 1.29 is 13.2 Å². The SMILES string of the molecule is Cc1cc(CNc2cc(C(F)(F)F)ccc2Br)c(C)n1C. The molecule has 2 rings (SSSR count). The van der Waals surface area contributed by atoms with E-state index in [2.05, 4.69) is 25.8 Å². The maximum Gasteiger partial charge on any atom is 0.416 e. The highest BCUT2D eigenvalue weighted by atomic mass is 79.9. The van der Waals surface area contributed by atoms with E-state index in [0.717, 1.165) is 29.1 Å². The highest BCUT2D eigenvalue weighted by Crippen LogP contribution is 2.34. The molecule has 0 aliphatic rings. The monoisotopic (exact) mass is 360 g/mol. The molecule has 0 saturated carbocycles. The van der Waals surface area contributed by atoms with Gasteiger partial charge in [0.2, 0.25) is 0 Å². The number of rotatable bonds is 3. The molecule has 0 fully saturated rings. The summed E-state index contributed by atoms with van der Waals surface area (Å²) < 4.78 is 40.9. The summed E-state index contributed by atoms with van der Waals surface area (Å²) >= 11 is 3.27. The Morgan fingerprint density at radius 2 is 1.86 bits per heavy atom. The number of benzene rings is 1. The van der Waals surface area contributed by atoms with Crippen molar-refractivity contribution in [3.8, 4) is 0 Å². The first kappa shape index (κ1) is 15.9. The van der Waals surface area contributed by atoms with E-state index in [1.165, 1.54) is 6.07 Å². The molecular weight excluding hydrogens is 345 g/mol. The van der Waals surface area contributed by atoms with E-state index >= 15 is 0 Å². The first-order valence-corrected chi connectivity index (χ1v) is 7.22. The minimum Gasteiger partial charge on any atom is -0.380 e. The van der Waals surface area contributed by atoms with Crippen LogP contribution in [0.4, 0.5) is 18.9 Å². The van der Waals surface area contributed by atoms with Crippen molar-refractivity contribution in [3.05, 3.63) is 51.3 Å². The average Bonchev–Trinajstić information content (AvgIpc) is 2.64. The molecule has 0 radical (unpaired) electrons. The van der Waals surface area contributed by atoms with Crippen LogP contribution < -0.4 is 5.32 Å². The summed E-state index contributed by atoms with van der Waals surface area (Å²) in [5.74, 6) is 0. The van der Waals surface area contributed by atoms with E-state index in [9.17, 15) is 13.2 Å². The van der Waals surface area contributed by atoms with Gasteiger partial charge in [0.05, 0.1) is 5.56 Å². The minimum atomic E-state index is -4.34. The molecule has 2 aromatic rings. The maximum atomic E-state index is 12.7. The molecule has 0 atom stereocenters. The average molecular weight is 361 g/mol. The summed E-state index contributed by atoms with van der Waals surface area (Å²) in [7, 11) is 1.97. The molecule has 6 heteroatoms. The number of halogens is 4. The quantitative estimate of drug-likeness (QED) is 0.811. The lowest BCUT2D eigenvalue weighted by molar-refractivity contribution is -0.137. The molecular formula is C15H16BrF3N2. The number of hydrogen-bond donors (Lipinski definition) is 1. The van der Waals surface area contributed by atoms with Crippen LogP contribution in [0.1, 0.15) is 22.5 Å². The minimum absolute atomic E-state index is 0.436. The normalized spacial score (nSPS) is 11.8. The predicted octanol–water partition coefficient (Wildman–Crippen LogP) is 5.04. The van der Waals surface area contributed by atoms with Crippen LogP contribution in [0.2, 0.25) is 0 Å². The number of nitrogens with zero attached hydrogens (tertiary/aromatic N) is 1. The lowest BCUT2D eigenvalue weighted by Crippen LogP contribution is -2.07. The van der Waals surface area contributed by atoms with Crippen molar-refractivity contribution in [3.63, 3.8) is 0 Å². The summed E-state index contributed by atoms with van der Waals surface area (Å²) in [5.41, 5.74) is 3.06. The van der Waals surface area contributed by atoms with Crippen LogP contribution in [0.3, 0.4) is 0 Å². The van der Waals surface area contributed by atoms with Crippen molar-refractivity contribution in [1.29, 1.82) is 0 Å². The van der Waals surface area contributed by atoms with E-state index in [1.807, 2.05) is 27.0 Å². The Morgan fingerprint density at radius 1 is 1.19 bits per heavy atom. The zero-order valence-corrected chi connectivity index (χ0v) is 13.6. The zero-order valence-electron chi connectivity index (χ0n) is 12.0. The molecule has 21 heavy (non-hydrogen) atoms. The van der Waals surface area contributed by atoms with Gasteiger partial charge in [-0.3, -0.25) is 0 Å². The highest BCUT2D eigenvalue weighted by molar-refractivity contribution is 9.10. The molecule has 0 aliphatic carbocycles. The van der Waals surface area contributed by atoms with E-state index < -0.39 is 11.7 Å². The third kappa shape index (κ3) is 3.43. The molecule has 0 bridgehead atoms. The van der Waals surface area contributed by atoms with Gasteiger partial charge < -0.3 is 9.88 Å². The third-order valence-electron chi connectivity index (χ3n) is 3.64. The molecule has 2 nitrogen and oxygen atoms in total. The van der Waals surface area contributed by atoms with Crippen LogP contribution in [-0.2, 0) is 19.8 Å². The number of aryl methyl sites for hydroxylation is 1. The van der Waals surface area contributed by atoms with Gasteiger partial charge in [0.15, 0.2) is 0 Å². The molecule has 114 valence electrons. The van der Waals surface area contributed by atoms with Gasteiger partial charge in [0.1, 0.15) is 0 Å². The van der Waals surface area contributed by atoms with Crippen LogP contribution in [-0.4, -0.2) is 4.57 Å². The largest absolute Gasteiger partial charge is 0.416 e. The lowest BCUT2D eigenvalue weighted by atomic mass is 10.2. The van der Waals surface area contributed by atoms with Crippen molar-refractivity contribution in [2.24, 2.45) is 7.05 Å². The lowest BCUT2D eigenvalue weighted by Gasteiger charge is -2.12. The van der Waals surface area contributed by atoms with Crippen molar-refractivity contribution >= 4 is 21.6 Å². The van der Waals surface area contributed by atoms with Gasteiger partial charge in [-0.25, -0.2) is 0 Å². The topological polar surface area (TPSA) is 17.0 Å². The summed E-state index contributed by atoms with van der Waals surface area (Å²) in [6, 6.07) is 5.63. The first-order valence-electron chi connectivity index (χ1n) is 6.42. The first-order chi connectivity index (χ1) is 9.70. The molecule has 0 saturated heterocycles. The fraction of sp³-hybridized carbons (Fsp3) is 0.333. The number of anilines is 1. The molecule has 1 aromatic heterocycles. The summed E-state index contributed by atoms with van der Waals surface area (Å²) in [4.78, 5) is 0. The molecule has 1 N–H and O–H groups in total. The molecule has 0 unspecified atom stereocenters.